The quantitative estimate of drug-likeness (QED) is 0.371. The highest BCUT2D eigenvalue weighted by Gasteiger charge is 2.57. The van der Waals surface area contributed by atoms with Crippen LogP contribution in [0.25, 0.3) is 10.9 Å². The van der Waals surface area contributed by atoms with Crippen LogP contribution in [0.2, 0.25) is 0 Å². The first-order valence-corrected chi connectivity index (χ1v) is 13.3. The number of hydrogen-bond donors (Lipinski definition) is 1. The smallest absolute Gasteiger partial charge is 0.375 e. The number of rotatable bonds is 7. The zero-order valence-corrected chi connectivity index (χ0v) is 20.3. The number of hydrogen-bond acceptors (Lipinski definition) is 6. The Morgan fingerprint density at radius 2 is 1.75 bits per heavy atom. The van der Waals surface area contributed by atoms with Crippen LogP contribution in [0.1, 0.15) is 24.0 Å². The normalized spacial score (nSPS) is 17.8. The topological polar surface area (TPSA) is 106 Å². The number of non-ortho nitro benzene ring substituents is 1. The van der Waals surface area contributed by atoms with Crippen molar-refractivity contribution in [1.29, 1.82) is 0 Å². The molecule has 1 unspecified atom stereocenters. The van der Waals surface area contributed by atoms with E-state index in [4.69, 9.17) is 0 Å². The predicted octanol–water partition coefficient (Wildman–Crippen LogP) is 3.86. The van der Waals surface area contributed by atoms with Gasteiger partial charge in [0.1, 0.15) is 9.84 Å². The molecule has 3 aromatic rings. The molecule has 1 atom stereocenters. The monoisotopic (exact) mass is 525 g/mol. The molecular formula is C24H26F3N3O5S. The Labute approximate surface area is 206 Å². The minimum absolute atomic E-state index is 0.0578. The Morgan fingerprint density at radius 1 is 1.11 bits per heavy atom. The maximum Gasteiger partial charge on any atom is 0.422 e. The molecule has 12 heteroatoms. The van der Waals surface area contributed by atoms with Crippen LogP contribution in [-0.4, -0.2) is 65.2 Å². The molecule has 8 nitrogen and oxygen atoms in total. The summed E-state index contributed by atoms with van der Waals surface area (Å²) in [5, 5.41) is 22.0. The number of nitro benzene ring substituents is 1. The molecule has 0 bridgehead atoms. The predicted molar refractivity (Wildman–Crippen MR) is 128 cm³/mol. The van der Waals surface area contributed by atoms with E-state index in [1.165, 1.54) is 27.8 Å². The molecule has 0 amide bonds. The van der Waals surface area contributed by atoms with Crippen molar-refractivity contribution >= 4 is 26.4 Å². The summed E-state index contributed by atoms with van der Waals surface area (Å²) in [5.74, 6) is 0. The van der Waals surface area contributed by atoms with Gasteiger partial charge in [-0.2, -0.15) is 13.2 Å². The number of halogens is 3. The van der Waals surface area contributed by atoms with E-state index in [9.17, 15) is 36.8 Å². The molecule has 1 saturated heterocycles. The molecule has 0 aliphatic carbocycles. The number of aromatic nitrogens is 1. The van der Waals surface area contributed by atoms with E-state index >= 15 is 0 Å². The summed E-state index contributed by atoms with van der Waals surface area (Å²) < 4.78 is 68.6. The summed E-state index contributed by atoms with van der Waals surface area (Å²) >= 11 is 0. The van der Waals surface area contributed by atoms with Crippen LogP contribution in [0.4, 0.5) is 18.9 Å². The van der Waals surface area contributed by atoms with Crippen LogP contribution in [-0.2, 0) is 22.0 Å². The lowest BCUT2D eigenvalue weighted by molar-refractivity contribution is -0.384. The van der Waals surface area contributed by atoms with Crippen LogP contribution < -0.4 is 0 Å². The molecule has 2 heterocycles. The molecule has 0 radical (unpaired) electrons. The minimum atomic E-state index is -5.06. The van der Waals surface area contributed by atoms with Crippen molar-refractivity contribution < 1.29 is 31.6 Å². The summed E-state index contributed by atoms with van der Waals surface area (Å²) in [5.41, 5.74) is -2.99. The number of β-amino-alcohol motifs (C(OH)–C–C–N with tert-alkyl or cyclic N) is 1. The van der Waals surface area contributed by atoms with Gasteiger partial charge in [-0.15, -0.1) is 0 Å². The maximum atomic E-state index is 14.5. The van der Waals surface area contributed by atoms with Crippen molar-refractivity contribution in [3.05, 3.63) is 76.0 Å². The fourth-order valence-electron chi connectivity index (χ4n) is 4.78. The molecule has 1 N–H and O–H groups in total. The van der Waals surface area contributed by atoms with Gasteiger partial charge in [0.05, 0.1) is 15.7 Å². The van der Waals surface area contributed by atoms with E-state index < -0.39 is 43.9 Å². The molecule has 0 saturated carbocycles. The Morgan fingerprint density at radius 3 is 2.31 bits per heavy atom. The molecule has 2 aromatic carbocycles. The van der Waals surface area contributed by atoms with E-state index in [-0.39, 0.29) is 49.1 Å². The number of nitrogens with zero attached hydrogens (tertiary/aromatic N) is 3. The van der Waals surface area contributed by atoms with Crippen molar-refractivity contribution in [2.45, 2.75) is 36.4 Å². The second kappa shape index (κ2) is 9.49. The first kappa shape index (κ1) is 26.1. The molecule has 194 valence electrons. The fraction of sp³-hybridized carbons (Fsp3) is 0.417. The van der Waals surface area contributed by atoms with Crippen molar-refractivity contribution in [1.82, 2.24) is 9.47 Å². The number of aliphatic hydroxyl groups is 1. The van der Waals surface area contributed by atoms with Gasteiger partial charge in [-0.25, -0.2) is 8.42 Å². The SMILES string of the molecule is CS(=O)(=O)C1CCN(CC(O)(c2cn(Cc3ccccc3)c3cc([N+](=O)[O-])ccc23)C(F)(F)F)CC1. The molecule has 1 aliphatic rings. The Bertz CT molecular complexity index is 1370. The molecular weight excluding hydrogens is 499 g/mol. The second-order valence-electron chi connectivity index (χ2n) is 9.28. The summed E-state index contributed by atoms with van der Waals surface area (Å²) in [7, 11) is -3.31. The van der Waals surface area contributed by atoms with Crippen LogP contribution in [0.15, 0.2) is 54.7 Å². The molecule has 0 spiro atoms. The van der Waals surface area contributed by atoms with Gasteiger partial charge in [0.2, 0.25) is 5.60 Å². The largest absolute Gasteiger partial charge is 0.422 e. The number of sulfone groups is 1. The molecule has 4 rings (SSSR count). The van der Waals surface area contributed by atoms with Gasteiger partial charge in [-0.1, -0.05) is 30.3 Å². The van der Waals surface area contributed by atoms with Gasteiger partial charge in [0, 0.05) is 48.6 Å². The van der Waals surface area contributed by atoms with Gasteiger partial charge in [0.25, 0.3) is 5.69 Å². The van der Waals surface area contributed by atoms with Crippen molar-refractivity contribution in [3.8, 4) is 0 Å². The molecule has 1 aliphatic heterocycles. The average Bonchev–Trinajstić information content (AvgIpc) is 3.17. The molecule has 36 heavy (non-hydrogen) atoms. The number of benzene rings is 2. The van der Waals surface area contributed by atoms with Gasteiger partial charge in [0.15, 0.2) is 0 Å². The Balaban J connectivity index is 1.77. The standard InChI is InChI=1S/C24H26F3N3O5S/c1-36(34,35)19-9-11-28(12-10-19)16-23(31,24(25,26)27)21-15-29(14-17-5-3-2-4-6-17)22-13-18(30(32)33)7-8-20(21)22/h2-8,13,15,19,31H,9-12,14,16H2,1H3. The lowest BCUT2D eigenvalue weighted by Gasteiger charge is -2.38. The van der Waals surface area contributed by atoms with Crippen molar-refractivity contribution in [2.75, 3.05) is 25.9 Å². The Hall–Kier alpha value is -2.96. The van der Waals surface area contributed by atoms with E-state index in [0.717, 1.165) is 17.9 Å². The highest BCUT2D eigenvalue weighted by Crippen LogP contribution is 2.44. The van der Waals surface area contributed by atoms with Crippen LogP contribution >= 0.6 is 0 Å². The number of piperidine rings is 1. The number of fused-ring (bicyclic) bond motifs is 1. The number of alkyl halides is 3. The second-order valence-corrected chi connectivity index (χ2v) is 11.6. The summed E-state index contributed by atoms with van der Waals surface area (Å²) in [6.07, 6.45) is -2.39. The van der Waals surface area contributed by atoms with Crippen molar-refractivity contribution in [2.24, 2.45) is 0 Å². The third-order valence-corrected chi connectivity index (χ3v) is 8.46. The average molecular weight is 526 g/mol. The highest BCUT2D eigenvalue weighted by molar-refractivity contribution is 7.91. The van der Waals surface area contributed by atoms with E-state index in [1.807, 2.05) is 0 Å². The zero-order valence-electron chi connectivity index (χ0n) is 19.5. The lowest BCUT2D eigenvalue weighted by atomic mass is 9.91. The lowest BCUT2D eigenvalue weighted by Crippen LogP contribution is -2.53. The van der Waals surface area contributed by atoms with E-state index in [0.29, 0.717) is 0 Å². The van der Waals surface area contributed by atoms with Gasteiger partial charge in [-0.05, 0) is 37.6 Å². The highest BCUT2D eigenvalue weighted by atomic mass is 32.2. The zero-order chi connectivity index (χ0) is 26.3. The van der Waals surface area contributed by atoms with Crippen LogP contribution in [0.3, 0.4) is 0 Å². The van der Waals surface area contributed by atoms with E-state index in [1.54, 1.807) is 30.3 Å². The number of likely N-dealkylation sites (tertiary alicyclic amines) is 1. The summed E-state index contributed by atoms with van der Waals surface area (Å²) in [6, 6.07) is 12.5. The van der Waals surface area contributed by atoms with Crippen molar-refractivity contribution in [3.63, 3.8) is 0 Å². The van der Waals surface area contributed by atoms with Crippen LogP contribution in [0.5, 0.6) is 0 Å². The number of nitro groups is 1. The van der Waals surface area contributed by atoms with E-state index in [2.05, 4.69) is 0 Å². The minimum Gasteiger partial charge on any atom is -0.375 e. The van der Waals surface area contributed by atoms with Gasteiger partial charge in [-0.3, -0.25) is 15.0 Å². The molecule has 1 fully saturated rings. The molecule has 1 aromatic heterocycles. The summed E-state index contributed by atoms with van der Waals surface area (Å²) in [6.45, 7) is -0.463. The third kappa shape index (κ3) is 5.11. The summed E-state index contributed by atoms with van der Waals surface area (Å²) in [4.78, 5) is 12.1. The fourth-order valence-corrected chi connectivity index (χ4v) is 5.85. The Kier molecular flexibility index (Phi) is 6.88. The first-order valence-electron chi connectivity index (χ1n) is 11.3. The third-order valence-electron chi connectivity index (χ3n) is 6.78. The van der Waals surface area contributed by atoms with Crippen LogP contribution in [0, 0.1) is 10.1 Å². The first-order chi connectivity index (χ1) is 16.8. The van der Waals surface area contributed by atoms with Gasteiger partial charge >= 0.3 is 6.18 Å². The van der Waals surface area contributed by atoms with Gasteiger partial charge < -0.3 is 9.67 Å². The maximum absolute atomic E-state index is 14.5.